The van der Waals surface area contributed by atoms with Crippen LogP contribution >= 0.6 is 11.8 Å². The Morgan fingerprint density at radius 1 is 1.29 bits per heavy atom. The second kappa shape index (κ2) is 6.30. The lowest BCUT2D eigenvalue weighted by Gasteiger charge is -2.10. The number of nitro benzene ring substituents is 1. The largest absolute Gasteiger partial charge is 0.468 e. The van der Waals surface area contributed by atoms with Gasteiger partial charge in [-0.05, 0) is 18.2 Å². The summed E-state index contributed by atoms with van der Waals surface area (Å²) in [6.45, 7) is 1.01. The van der Waals surface area contributed by atoms with Gasteiger partial charge in [-0.25, -0.2) is 0 Å². The summed E-state index contributed by atoms with van der Waals surface area (Å²) in [6, 6.07) is 8.68. The van der Waals surface area contributed by atoms with Crippen LogP contribution in [0.4, 0.5) is 5.69 Å². The van der Waals surface area contributed by atoms with Crippen LogP contribution in [0.2, 0.25) is 0 Å². The van der Waals surface area contributed by atoms with E-state index >= 15 is 0 Å². The minimum atomic E-state index is -0.507. The number of ether oxygens (including phenoxy) is 2. The number of nitro groups is 1. The Balaban J connectivity index is 1.80. The van der Waals surface area contributed by atoms with Crippen LogP contribution < -0.4 is 0 Å². The summed E-state index contributed by atoms with van der Waals surface area (Å²) in [6.07, 6.45) is 1.08. The van der Waals surface area contributed by atoms with E-state index < -0.39 is 6.29 Å². The Labute approximate surface area is 125 Å². The van der Waals surface area contributed by atoms with Gasteiger partial charge in [0.15, 0.2) is 6.29 Å². The summed E-state index contributed by atoms with van der Waals surface area (Å²) in [5, 5.41) is 11.2. The normalized spacial score (nSPS) is 15.4. The lowest BCUT2D eigenvalue weighted by molar-refractivity contribution is -0.387. The first-order valence-electron chi connectivity index (χ1n) is 6.41. The molecule has 1 fully saturated rings. The van der Waals surface area contributed by atoms with E-state index in [0.717, 1.165) is 5.76 Å². The van der Waals surface area contributed by atoms with Crippen LogP contribution in [0, 0.1) is 10.1 Å². The maximum atomic E-state index is 11.2. The van der Waals surface area contributed by atoms with Crippen LogP contribution in [0.1, 0.15) is 17.6 Å². The zero-order chi connectivity index (χ0) is 14.7. The standard InChI is InChI=1S/C14H13NO5S/c16-15(17)12-8-10(14-19-6-7-20-14)3-4-13(12)21-9-11-2-1-5-18-11/h1-5,8,14H,6-7,9H2. The van der Waals surface area contributed by atoms with Crippen LogP contribution in [0.15, 0.2) is 45.9 Å². The third kappa shape index (κ3) is 3.26. The minimum Gasteiger partial charge on any atom is -0.468 e. The Bertz CT molecular complexity index is 622. The molecule has 1 aliphatic rings. The molecule has 0 unspecified atom stereocenters. The Hall–Kier alpha value is -1.83. The van der Waals surface area contributed by atoms with Gasteiger partial charge in [-0.2, -0.15) is 0 Å². The van der Waals surface area contributed by atoms with E-state index in [-0.39, 0.29) is 10.6 Å². The van der Waals surface area contributed by atoms with E-state index in [0.29, 0.717) is 29.4 Å². The molecule has 2 aromatic rings. The molecule has 6 nitrogen and oxygen atoms in total. The molecular weight excluding hydrogens is 294 g/mol. The molecule has 0 aliphatic carbocycles. The van der Waals surface area contributed by atoms with Crippen LogP contribution in [-0.2, 0) is 15.2 Å². The molecule has 110 valence electrons. The molecule has 0 radical (unpaired) electrons. The van der Waals surface area contributed by atoms with Gasteiger partial charge >= 0.3 is 0 Å². The number of nitrogens with zero attached hydrogens (tertiary/aromatic N) is 1. The third-order valence-corrected chi connectivity index (χ3v) is 4.11. The van der Waals surface area contributed by atoms with Crippen molar-refractivity contribution < 1.29 is 18.8 Å². The molecular formula is C14H13NO5S. The fraction of sp³-hybridized carbons (Fsp3) is 0.286. The number of furan rings is 1. The molecule has 1 aliphatic heterocycles. The highest BCUT2D eigenvalue weighted by atomic mass is 32.2. The maximum Gasteiger partial charge on any atom is 0.283 e. The summed E-state index contributed by atoms with van der Waals surface area (Å²) >= 11 is 1.37. The quantitative estimate of drug-likeness (QED) is 0.478. The number of rotatable bonds is 5. The van der Waals surface area contributed by atoms with E-state index in [1.807, 2.05) is 6.07 Å². The van der Waals surface area contributed by atoms with E-state index in [1.54, 1.807) is 24.5 Å². The second-order valence-electron chi connectivity index (χ2n) is 4.43. The SMILES string of the molecule is O=[N+]([O-])c1cc(C2OCCO2)ccc1SCc1ccco1. The molecule has 1 aromatic carbocycles. The molecule has 0 atom stereocenters. The second-order valence-corrected chi connectivity index (χ2v) is 5.44. The summed E-state index contributed by atoms with van der Waals surface area (Å²) in [5.74, 6) is 1.32. The summed E-state index contributed by atoms with van der Waals surface area (Å²) in [7, 11) is 0. The molecule has 21 heavy (non-hydrogen) atoms. The van der Waals surface area contributed by atoms with Crippen molar-refractivity contribution in [2.45, 2.75) is 16.9 Å². The molecule has 0 saturated carbocycles. The molecule has 2 heterocycles. The summed E-state index contributed by atoms with van der Waals surface area (Å²) in [4.78, 5) is 11.4. The lowest BCUT2D eigenvalue weighted by atomic mass is 10.2. The number of benzene rings is 1. The molecule has 0 amide bonds. The van der Waals surface area contributed by atoms with Gasteiger partial charge in [0.1, 0.15) is 5.76 Å². The molecule has 1 aromatic heterocycles. The zero-order valence-corrected chi connectivity index (χ0v) is 11.9. The van der Waals surface area contributed by atoms with Crippen molar-refractivity contribution in [2.24, 2.45) is 0 Å². The van der Waals surface area contributed by atoms with Gasteiger partial charge in [0.05, 0.1) is 35.0 Å². The number of hydrogen-bond acceptors (Lipinski definition) is 6. The van der Waals surface area contributed by atoms with Gasteiger partial charge in [-0.15, -0.1) is 11.8 Å². The lowest BCUT2D eigenvalue weighted by Crippen LogP contribution is -2.00. The molecule has 3 rings (SSSR count). The smallest absolute Gasteiger partial charge is 0.283 e. The van der Waals surface area contributed by atoms with Crippen LogP contribution in [0.3, 0.4) is 0 Å². The van der Waals surface area contributed by atoms with Gasteiger partial charge in [0.25, 0.3) is 5.69 Å². The van der Waals surface area contributed by atoms with Crippen molar-refractivity contribution in [1.29, 1.82) is 0 Å². The molecule has 0 spiro atoms. The monoisotopic (exact) mass is 307 g/mol. The molecule has 1 saturated heterocycles. The Kier molecular flexibility index (Phi) is 4.23. The highest BCUT2D eigenvalue weighted by molar-refractivity contribution is 7.98. The first kappa shape index (κ1) is 14.1. The van der Waals surface area contributed by atoms with Gasteiger partial charge < -0.3 is 13.9 Å². The van der Waals surface area contributed by atoms with Crippen LogP contribution in [0.25, 0.3) is 0 Å². The van der Waals surface area contributed by atoms with E-state index in [9.17, 15) is 10.1 Å². The van der Waals surface area contributed by atoms with Crippen molar-refractivity contribution >= 4 is 17.4 Å². The van der Waals surface area contributed by atoms with E-state index in [4.69, 9.17) is 13.9 Å². The Morgan fingerprint density at radius 3 is 2.76 bits per heavy atom. The van der Waals surface area contributed by atoms with E-state index in [2.05, 4.69) is 0 Å². The molecule has 7 heteroatoms. The van der Waals surface area contributed by atoms with E-state index in [1.165, 1.54) is 17.8 Å². The predicted octanol–water partition coefficient (Wildman–Crippen LogP) is 3.53. The number of hydrogen-bond donors (Lipinski definition) is 0. The van der Waals surface area contributed by atoms with Gasteiger partial charge in [0, 0.05) is 11.6 Å². The van der Waals surface area contributed by atoms with Gasteiger partial charge in [0.2, 0.25) is 0 Å². The van der Waals surface area contributed by atoms with Crippen molar-refractivity contribution in [1.82, 2.24) is 0 Å². The topological polar surface area (TPSA) is 74.7 Å². The average Bonchev–Trinajstić information content (AvgIpc) is 3.18. The van der Waals surface area contributed by atoms with Crippen molar-refractivity contribution in [3.63, 3.8) is 0 Å². The first-order chi connectivity index (χ1) is 10.2. The maximum absolute atomic E-state index is 11.2. The highest BCUT2D eigenvalue weighted by Gasteiger charge is 2.23. The average molecular weight is 307 g/mol. The van der Waals surface area contributed by atoms with Gasteiger partial charge in [-0.1, -0.05) is 6.07 Å². The zero-order valence-electron chi connectivity index (χ0n) is 11.1. The first-order valence-corrected chi connectivity index (χ1v) is 7.39. The van der Waals surface area contributed by atoms with Crippen LogP contribution in [-0.4, -0.2) is 18.1 Å². The Morgan fingerprint density at radius 2 is 2.10 bits per heavy atom. The summed E-state index contributed by atoms with van der Waals surface area (Å²) in [5.41, 5.74) is 0.727. The van der Waals surface area contributed by atoms with Crippen molar-refractivity contribution in [3.05, 3.63) is 58.0 Å². The fourth-order valence-electron chi connectivity index (χ4n) is 2.04. The molecule has 0 N–H and O–H groups in total. The van der Waals surface area contributed by atoms with Crippen molar-refractivity contribution in [3.8, 4) is 0 Å². The predicted molar refractivity (Wildman–Crippen MR) is 76.0 cm³/mol. The van der Waals surface area contributed by atoms with Gasteiger partial charge in [-0.3, -0.25) is 10.1 Å². The fourth-order valence-corrected chi connectivity index (χ4v) is 2.95. The minimum absolute atomic E-state index is 0.0585. The third-order valence-electron chi connectivity index (χ3n) is 3.02. The number of thioether (sulfide) groups is 1. The van der Waals surface area contributed by atoms with Crippen LogP contribution in [0.5, 0.6) is 0 Å². The van der Waals surface area contributed by atoms with Crippen molar-refractivity contribution in [2.75, 3.05) is 13.2 Å². The summed E-state index contributed by atoms with van der Waals surface area (Å²) < 4.78 is 16.0. The molecule has 0 bridgehead atoms. The highest BCUT2D eigenvalue weighted by Crippen LogP contribution is 2.35.